The molecule has 0 saturated heterocycles. The van der Waals surface area contributed by atoms with Gasteiger partial charge in [0.15, 0.2) is 0 Å². The van der Waals surface area contributed by atoms with Crippen LogP contribution in [-0.2, 0) is 0 Å². The van der Waals surface area contributed by atoms with E-state index in [1.807, 2.05) is 24.3 Å². The molecule has 94 valence electrons. The highest BCUT2D eigenvalue weighted by molar-refractivity contribution is 6.33. The molecule has 1 aromatic heterocycles. The van der Waals surface area contributed by atoms with E-state index in [-0.39, 0.29) is 5.02 Å². The zero-order valence-electron chi connectivity index (χ0n) is 9.88. The van der Waals surface area contributed by atoms with Crippen LogP contribution >= 0.6 is 11.6 Å². The molecule has 0 aliphatic heterocycles. The van der Waals surface area contributed by atoms with Crippen LogP contribution in [0.25, 0.3) is 0 Å². The first kappa shape index (κ1) is 13.1. The number of hydrogen-bond acceptors (Lipinski definition) is 3. The normalized spacial score (nSPS) is 11.4. The van der Waals surface area contributed by atoms with E-state index < -0.39 is 11.9 Å². The van der Waals surface area contributed by atoms with Gasteiger partial charge in [-0.2, -0.15) is 5.26 Å². The van der Waals surface area contributed by atoms with Crippen molar-refractivity contribution >= 4 is 17.5 Å². The van der Waals surface area contributed by atoms with Crippen LogP contribution in [0.4, 0.5) is 0 Å². The lowest BCUT2D eigenvalue weighted by Crippen LogP contribution is -2.27. The number of nitrogens with one attached hydrogen (secondary N) is 1. The van der Waals surface area contributed by atoms with E-state index in [0.29, 0.717) is 5.56 Å². The monoisotopic (exact) mass is 271 g/mol. The standard InChI is InChI=1S/C14H10ClN3O/c15-12-9-17-7-6-11(12)14(19)18-13(8-16)10-4-2-1-3-5-10/h1-7,9,13H,(H,18,19). The predicted molar refractivity (Wildman–Crippen MR) is 71.5 cm³/mol. The quantitative estimate of drug-likeness (QED) is 0.933. The first-order chi connectivity index (χ1) is 9.22. The van der Waals surface area contributed by atoms with Crippen molar-refractivity contribution in [2.45, 2.75) is 6.04 Å². The summed E-state index contributed by atoms with van der Waals surface area (Å²) in [5.41, 5.74) is 1.02. The second kappa shape index (κ2) is 5.98. The minimum absolute atomic E-state index is 0.254. The summed E-state index contributed by atoms with van der Waals surface area (Å²) in [7, 11) is 0. The molecule has 0 radical (unpaired) electrons. The number of nitriles is 1. The number of rotatable bonds is 3. The molecule has 1 atom stereocenters. The number of carbonyl (C=O) groups excluding carboxylic acids is 1. The van der Waals surface area contributed by atoms with Crippen molar-refractivity contribution in [3.05, 3.63) is 64.9 Å². The molecule has 5 heteroatoms. The fourth-order valence-corrected chi connectivity index (χ4v) is 1.81. The summed E-state index contributed by atoms with van der Waals surface area (Å²) in [4.78, 5) is 15.8. The van der Waals surface area contributed by atoms with Gasteiger partial charge in [0.25, 0.3) is 5.91 Å². The lowest BCUT2D eigenvalue weighted by Gasteiger charge is -2.12. The number of benzene rings is 1. The molecule has 0 bridgehead atoms. The molecule has 1 unspecified atom stereocenters. The van der Waals surface area contributed by atoms with Gasteiger partial charge in [-0.25, -0.2) is 0 Å². The Morgan fingerprint density at radius 3 is 2.68 bits per heavy atom. The Labute approximate surface area is 115 Å². The fourth-order valence-electron chi connectivity index (χ4n) is 1.60. The SMILES string of the molecule is N#CC(NC(=O)c1ccncc1Cl)c1ccccc1. The number of pyridine rings is 1. The summed E-state index contributed by atoms with van der Waals surface area (Å²) in [6.45, 7) is 0. The maximum Gasteiger partial charge on any atom is 0.254 e. The Balaban J connectivity index is 2.19. The summed E-state index contributed by atoms with van der Waals surface area (Å²) in [5.74, 6) is -0.400. The fraction of sp³-hybridized carbons (Fsp3) is 0.0714. The van der Waals surface area contributed by atoms with E-state index >= 15 is 0 Å². The van der Waals surface area contributed by atoms with E-state index in [1.165, 1.54) is 18.5 Å². The molecular formula is C14H10ClN3O. The average Bonchev–Trinajstić information content (AvgIpc) is 2.46. The van der Waals surface area contributed by atoms with E-state index in [9.17, 15) is 4.79 Å². The lowest BCUT2D eigenvalue weighted by atomic mass is 10.1. The van der Waals surface area contributed by atoms with Crippen LogP contribution in [0.5, 0.6) is 0 Å². The Morgan fingerprint density at radius 1 is 1.32 bits per heavy atom. The Kier molecular flexibility index (Phi) is 4.11. The second-order valence-electron chi connectivity index (χ2n) is 3.80. The molecule has 0 fully saturated rings. The third-order valence-corrected chi connectivity index (χ3v) is 2.86. The number of aromatic nitrogens is 1. The summed E-state index contributed by atoms with van der Waals surface area (Å²) >= 11 is 5.89. The van der Waals surface area contributed by atoms with Crippen LogP contribution in [0.1, 0.15) is 22.0 Å². The van der Waals surface area contributed by atoms with Gasteiger partial charge in [-0.3, -0.25) is 9.78 Å². The van der Waals surface area contributed by atoms with Gasteiger partial charge in [-0.1, -0.05) is 41.9 Å². The largest absolute Gasteiger partial charge is 0.332 e. The summed E-state index contributed by atoms with van der Waals surface area (Å²) in [5, 5.41) is 12.0. The first-order valence-electron chi connectivity index (χ1n) is 5.57. The van der Waals surface area contributed by atoms with Gasteiger partial charge < -0.3 is 5.32 Å². The second-order valence-corrected chi connectivity index (χ2v) is 4.21. The van der Waals surface area contributed by atoms with Gasteiger partial charge in [0.1, 0.15) is 6.04 Å². The summed E-state index contributed by atoms with van der Waals surface area (Å²) < 4.78 is 0. The van der Waals surface area contributed by atoms with Crippen molar-refractivity contribution < 1.29 is 4.79 Å². The van der Waals surface area contributed by atoms with Crippen molar-refractivity contribution in [3.63, 3.8) is 0 Å². The molecule has 1 aromatic carbocycles. The number of halogens is 1. The zero-order valence-corrected chi connectivity index (χ0v) is 10.6. The molecule has 0 saturated carbocycles. The maximum absolute atomic E-state index is 12.0. The maximum atomic E-state index is 12.0. The van der Waals surface area contributed by atoms with Crippen LogP contribution in [0.3, 0.4) is 0 Å². The van der Waals surface area contributed by atoms with Crippen LogP contribution in [0.2, 0.25) is 5.02 Å². The lowest BCUT2D eigenvalue weighted by molar-refractivity contribution is 0.0945. The van der Waals surface area contributed by atoms with Gasteiger partial charge in [0.2, 0.25) is 0 Å². The summed E-state index contributed by atoms with van der Waals surface area (Å²) in [6, 6.07) is 11.9. The number of hydrogen-bond donors (Lipinski definition) is 1. The third kappa shape index (κ3) is 3.09. The minimum Gasteiger partial charge on any atom is -0.332 e. The van der Waals surface area contributed by atoms with Crippen LogP contribution in [0, 0.1) is 11.3 Å². The van der Waals surface area contributed by atoms with E-state index in [2.05, 4.69) is 10.3 Å². The van der Waals surface area contributed by atoms with Gasteiger partial charge in [-0.05, 0) is 11.6 Å². The Hall–Kier alpha value is -2.38. The van der Waals surface area contributed by atoms with Crippen molar-refractivity contribution in [3.8, 4) is 6.07 Å². The molecule has 1 heterocycles. The summed E-state index contributed by atoms with van der Waals surface area (Å²) in [6.07, 6.45) is 2.87. The molecule has 1 N–H and O–H groups in total. The number of nitrogens with zero attached hydrogens (tertiary/aromatic N) is 2. The molecule has 4 nitrogen and oxygen atoms in total. The van der Waals surface area contributed by atoms with Crippen LogP contribution in [-0.4, -0.2) is 10.9 Å². The van der Waals surface area contributed by atoms with Gasteiger partial charge in [0, 0.05) is 12.4 Å². The van der Waals surface area contributed by atoms with Crippen LogP contribution in [0.15, 0.2) is 48.8 Å². The number of carbonyl (C=O) groups is 1. The van der Waals surface area contributed by atoms with Crippen molar-refractivity contribution in [1.82, 2.24) is 10.3 Å². The molecule has 2 rings (SSSR count). The highest BCUT2D eigenvalue weighted by Crippen LogP contribution is 2.16. The van der Waals surface area contributed by atoms with Gasteiger partial charge in [-0.15, -0.1) is 0 Å². The average molecular weight is 272 g/mol. The molecule has 0 aliphatic carbocycles. The highest BCUT2D eigenvalue weighted by Gasteiger charge is 2.16. The van der Waals surface area contributed by atoms with Gasteiger partial charge in [0.05, 0.1) is 16.7 Å². The van der Waals surface area contributed by atoms with Crippen molar-refractivity contribution in [2.24, 2.45) is 0 Å². The minimum atomic E-state index is -0.710. The topological polar surface area (TPSA) is 65.8 Å². The molecule has 19 heavy (non-hydrogen) atoms. The molecule has 0 aliphatic rings. The Bertz CT molecular complexity index is 622. The van der Waals surface area contributed by atoms with Crippen LogP contribution < -0.4 is 5.32 Å². The molecule has 0 spiro atoms. The first-order valence-corrected chi connectivity index (χ1v) is 5.95. The van der Waals surface area contributed by atoms with Crippen molar-refractivity contribution in [1.29, 1.82) is 5.26 Å². The number of amides is 1. The zero-order chi connectivity index (χ0) is 13.7. The van der Waals surface area contributed by atoms with Gasteiger partial charge >= 0.3 is 0 Å². The molecule has 1 amide bonds. The van der Waals surface area contributed by atoms with Crippen molar-refractivity contribution in [2.75, 3.05) is 0 Å². The highest BCUT2D eigenvalue weighted by atomic mass is 35.5. The third-order valence-electron chi connectivity index (χ3n) is 2.55. The Morgan fingerprint density at radius 2 is 2.05 bits per heavy atom. The van der Waals surface area contributed by atoms with E-state index in [0.717, 1.165) is 5.56 Å². The van der Waals surface area contributed by atoms with E-state index in [1.54, 1.807) is 12.1 Å². The molecular weight excluding hydrogens is 262 g/mol. The van der Waals surface area contributed by atoms with E-state index in [4.69, 9.17) is 16.9 Å². The predicted octanol–water partition coefficient (Wildman–Crippen LogP) is 2.73. The molecule has 2 aromatic rings. The smallest absolute Gasteiger partial charge is 0.254 e.